The summed E-state index contributed by atoms with van der Waals surface area (Å²) in [5.41, 5.74) is 3.59. The average Bonchev–Trinajstić information content (AvgIpc) is 3.24. The molecule has 0 bridgehead atoms. The van der Waals surface area contributed by atoms with Crippen LogP contribution in [0.4, 0.5) is 4.79 Å². The van der Waals surface area contributed by atoms with Crippen LogP contribution in [0.3, 0.4) is 0 Å². The Labute approximate surface area is 155 Å². The second-order valence-electron chi connectivity index (χ2n) is 7.44. The summed E-state index contributed by atoms with van der Waals surface area (Å²) in [4.78, 5) is 21.2. The molecule has 5 heteroatoms. The van der Waals surface area contributed by atoms with E-state index < -0.39 is 0 Å². The van der Waals surface area contributed by atoms with Crippen LogP contribution in [0, 0.1) is 12.8 Å². The normalized spacial score (nSPS) is 22.4. The molecule has 0 spiro atoms. The molecule has 2 atom stereocenters. The van der Waals surface area contributed by atoms with Gasteiger partial charge in [-0.25, -0.2) is 4.79 Å². The Morgan fingerprint density at radius 2 is 2.08 bits per heavy atom. The number of rotatable bonds is 4. The minimum Gasteiger partial charge on any atom is -0.334 e. The van der Waals surface area contributed by atoms with Crippen LogP contribution >= 0.6 is 0 Å². The third-order valence-electron chi connectivity index (χ3n) is 5.74. The standard InChI is InChI=1S/C21H26N4O/c1-16-11-22-9-7-18(16)12-23-21(26)25-14-19-8-10-24(20(19)15-25)13-17-5-3-2-4-6-17/h2-7,9,11,19-20H,8,10,12-15H2,1H3,(H,23,26)/t19-,20+/m0/s1. The lowest BCUT2D eigenvalue weighted by molar-refractivity contribution is 0.193. The maximum atomic E-state index is 12.6. The highest BCUT2D eigenvalue weighted by molar-refractivity contribution is 5.74. The number of aromatic nitrogens is 1. The monoisotopic (exact) mass is 350 g/mol. The first-order chi connectivity index (χ1) is 12.7. The lowest BCUT2D eigenvalue weighted by Gasteiger charge is -2.25. The Morgan fingerprint density at radius 1 is 1.23 bits per heavy atom. The van der Waals surface area contributed by atoms with Gasteiger partial charge in [0.25, 0.3) is 0 Å². The number of hydrogen-bond donors (Lipinski definition) is 1. The van der Waals surface area contributed by atoms with E-state index in [1.54, 1.807) is 6.20 Å². The molecule has 2 aromatic rings. The molecular formula is C21H26N4O. The van der Waals surface area contributed by atoms with E-state index >= 15 is 0 Å². The number of amides is 2. The molecule has 0 aliphatic carbocycles. The molecule has 2 aliphatic rings. The van der Waals surface area contributed by atoms with Gasteiger partial charge in [-0.2, -0.15) is 0 Å². The van der Waals surface area contributed by atoms with Gasteiger partial charge in [-0.1, -0.05) is 30.3 Å². The second-order valence-corrected chi connectivity index (χ2v) is 7.44. The second kappa shape index (κ2) is 7.46. The van der Waals surface area contributed by atoms with E-state index in [1.807, 2.05) is 24.1 Å². The van der Waals surface area contributed by atoms with Crippen molar-refractivity contribution in [1.82, 2.24) is 20.1 Å². The minimum absolute atomic E-state index is 0.0512. The summed E-state index contributed by atoms with van der Waals surface area (Å²) < 4.78 is 0. The Bertz CT molecular complexity index is 764. The zero-order chi connectivity index (χ0) is 17.9. The predicted octanol–water partition coefficient (Wildman–Crippen LogP) is 2.81. The molecule has 136 valence electrons. The average molecular weight is 350 g/mol. The van der Waals surface area contributed by atoms with Gasteiger partial charge in [0.2, 0.25) is 0 Å². The van der Waals surface area contributed by atoms with Crippen LogP contribution in [-0.4, -0.2) is 46.5 Å². The summed E-state index contributed by atoms with van der Waals surface area (Å²) in [6.07, 6.45) is 4.80. The highest BCUT2D eigenvalue weighted by Gasteiger charge is 2.42. The number of fused-ring (bicyclic) bond motifs is 1. The molecule has 3 heterocycles. The minimum atomic E-state index is 0.0512. The molecule has 0 unspecified atom stereocenters. The predicted molar refractivity (Wildman–Crippen MR) is 102 cm³/mol. The van der Waals surface area contributed by atoms with Crippen molar-refractivity contribution in [2.24, 2.45) is 5.92 Å². The Hall–Kier alpha value is -2.40. The number of benzene rings is 1. The number of carbonyl (C=O) groups is 1. The summed E-state index contributed by atoms with van der Waals surface area (Å²) in [6.45, 7) is 6.41. The molecule has 2 saturated heterocycles. The lowest BCUT2D eigenvalue weighted by Crippen LogP contribution is -2.41. The van der Waals surface area contributed by atoms with Crippen molar-refractivity contribution in [2.75, 3.05) is 19.6 Å². The first-order valence-electron chi connectivity index (χ1n) is 9.41. The summed E-state index contributed by atoms with van der Waals surface area (Å²) in [6, 6.07) is 13.1. The Balaban J connectivity index is 1.33. The highest BCUT2D eigenvalue weighted by Crippen LogP contribution is 2.32. The smallest absolute Gasteiger partial charge is 0.317 e. The topological polar surface area (TPSA) is 48.5 Å². The molecule has 2 aliphatic heterocycles. The number of aryl methyl sites for hydroxylation is 1. The van der Waals surface area contributed by atoms with Crippen LogP contribution in [0.5, 0.6) is 0 Å². The van der Waals surface area contributed by atoms with Crippen LogP contribution in [0.1, 0.15) is 23.1 Å². The summed E-state index contributed by atoms with van der Waals surface area (Å²) in [5, 5.41) is 3.08. The van der Waals surface area contributed by atoms with E-state index in [9.17, 15) is 4.79 Å². The number of nitrogens with zero attached hydrogens (tertiary/aromatic N) is 3. The van der Waals surface area contributed by atoms with E-state index in [0.717, 1.165) is 37.3 Å². The molecule has 26 heavy (non-hydrogen) atoms. The Morgan fingerprint density at radius 3 is 2.88 bits per heavy atom. The van der Waals surface area contributed by atoms with Crippen molar-refractivity contribution in [3.05, 3.63) is 65.5 Å². The van der Waals surface area contributed by atoms with Crippen molar-refractivity contribution in [3.63, 3.8) is 0 Å². The van der Waals surface area contributed by atoms with Gasteiger partial charge in [0.1, 0.15) is 0 Å². The van der Waals surface area contributed by atoms with Gasteiger partial charge in [-0.3, -0.25) is 9.88 Å². The summed E-state index contributed by atoms with van der Waals surface area (Å²) in [5.74, 6) is 0.604. The van der Waals surface area contributed by atoms with E-state index in [-0.39, 0.29) is 6.03 Å². The molecule has 4 rings (SSSR count). The molecule has 5 nitrogen and oxygen atoms in total. The number of hydrogen-bond acceptors (Lipinski definition) is 3. The van der Waals surface area contributed by atoms with Crippen molar-refractivity contribution >= 4 is 6.03 Å². The highest BCUT2D eigenvalue weighted by atomic mass is 16.2. The van der Waals surface area contributed by atoms with Gasteiger partial charge >= 0.3 is 6.03 Å². The molecule has 0 saturated carbocycles. The van der Waals surface area contributed by atoms with Gasteiger partial charge in [0.05, 0.1) is 0 Å². The quantitative estimate of drug-likeness (QED) is 0.922. The van der Waals surface area contributed by atoms with E-state index in [4.69, 9.17) is 0 Å². The largest absolute Gasteiger partial charge is 0.334 e. The van der Waals surface area contributed by atoms with Gasteiger partial charge in [0, 0.05) is 44.6 Å². The van der Waals surface area contributed by atoms with Crippen molar-refractivity contribution in [1.29, 1.82) is 0 Å². The zero-order valence-electron chi connectivity index (χ0n) is 15.3. The SMILES string of the molecule is Cc1cnccc1CNC(=O)N1C[C@@H]2CCN(Cc3ccccc3)[C@@H]2C1. The number of carbonyl (C=O) groups excluding carboxylic acids is 1. The molecule has 1 N–H and O–H groups in total. The first-order valence-corrected chi connectivity index (χ1v) is 9.41. The van der Waals surface area contributed by atoms with Gasteiger partial charge in [0.15, 0.2) is 0 Å². The fourth-order valence-electron chi connectivity index (χ4n) is 4.21. The fraction of sp³-hybridized carbons (Fsp3) is 0.429. The van der Waals surface area contributed by atoms with E-state index in [1.165, 1.54) is 12.0 Å². The van der Waals surface area contributed by atoms with Crippen molar-refractivity contribution in [2.45, 2.75) is 32.5 Å². The third-order valence-corrected chi connectivity index (χ3v) is 5.74. The number of nitrogens with one attached hydrogen (secondary N) is 1. The van der Waals surface area contributed by atoms with Crippen LogP contribution < -0.4 is 5.32 Å². The van der Waals surface area contributed by atoms with Crippen LogP contribution in [0.2, 0.25) is 0 Å². The van der Waals surface area contributed by atoms with Crippen LogP contribution in [-0.2, 0) is 13.1 Å². The van der Waals surface area contributed by atoms with E-state index in [2.05, 4.69) is 45.5 Å². The first kappa shape index (κ1) is 17.0. The molecule has 0 radical (unpaired) electrons. The number of likely N-dealkylation sites (tertiary alicyclic amines) is 2. The number of urea groups is 1. The van der Waals surface area contributed by atoms with Crippen LogP contribution in [0.25, 0.3) is 0 Å². The van der Waals surface area contributed by atoms with E-state index in [0.29, 0.717) is 18.5 Å². The molecular weight excluding hydrogens is 324 g/mol. The molecule has 2 fully saturated rings. The fourth-order valence-corrected chi connectivity index (χ4v) is 4.21. The molecule has 2 amide bonds. The van der Waals surface area contributed by atoms with Gasteiger partial charge in [-0.15, -0.1) is 0 Å². The summed E-state index contributed by atoms with van der Waals surface area (Å²) in [7, 11) is 0. The Kier molecular flexibility index (Phi) is 4.89. The summed E-state index contributed by atoms with van der Waals surface area (Å²) >= 11 is 0. The third kappa shape index (κ3) is 3.58. The maximum absolute atomic E-state index is 12.6. The lowest BCUT2D eigenvalue weighted by atomic mass is 10.0. The number of pyridine rings is 1. The van der Waals surface area contributed by atoms with Crippen molar-refractivity contribution < 1.29 is 4.79 Å². The molecule has 1 aromatic heterocycles. The maximum Gasteiger partial charge on any atom is 0.317 e. The van der Waals surface area contributed by atoms with Gasteiger partial charge < -0.3 is 10.2 Å². The zero-order valence-corrected chi connectivity index (χ0v) is 15.3. The molecule has 1 aromatic carbocycles. The van der Waals surface area contributed by atoms with Crippen molar-refractivity contribution in [3.8, 4) is 0 Å². The van der Waals surface area contributed by atoms with Crippen LogP contribution in [0.15, 0.2) is 48.8 Å². The van der Waals surface area contributed by atoms with Gasteiger partial charge in [-0.05, 0) is 48.6 Å².